The SMILES string of the molecule is Cc1ccc2nc(Oc3ccc(Cl)cc3Cl)c(C#N)cc2c1. The van der Waals surface area contributed by atoms with Crippen molar-refractivity contribution < 1.29 is 4.74 Å². The van der Waals surface area contributed by atoms with Crippen molar-refractivity contribution in [2.24, 2.45) is 0 Å². The molecule has 0 atom stereocenters. The molecule has 0 fully saturated rings. The van der Waals surface area contributed by atoms with Crippen molar-refractivity contribution >= 4 is 34.1 Å². The molecule has 0 aliphatic rings. The van der Waals surface area contributed by atoms with E-state index in [1.54, 1.807) is 24.3 Å². The Bertz CT molecular complexity index is 916. The molecule has 3 aromatic rings. The second-order valence-electron chi connectivity index (χ2n) is 4.83. The van der Waals surface area contributed by atoms with E-state index in [-0.39, 0.29) is 5.88 Å². The fraction of sp³-hybridized carbons (Fsp3) is 0.0588. The summed E-state index contributed by atoms with van der Waals surface area (Å²) >= 11 is 12.0. The fourth-order valence-electron chi connectivity index (χ4n) is 2.10. The maximum Gasteiger partial charge on any atom is 0.237 e. The van der Waals surface area contributed by atoms with Gasteiger partial charge in [0.1, 0.15) is 17.4 Å². The van der Waals surface area contributed by atoms with Crippen LogP contribution in [-0.4, -0.2) is 4.98 Å². The van der Waals surface area contributed by atoms with Gasteiger partial charge in [0.15, 0.2) is 0 Å². The maximum atomic E-state index is 9.31. The third-order valence-corrected chi connectivity index (χ3v) is 3.69. The number of fused-ring (bicyclic) bond motifs is 1. The number of aryl methyl sites for hydroxylation is 1. The molecule has 0 unspecified atom stereocenters. The molecule has 0 N–H and O–H groups in total. The highest BCUT2D eigenvalue weighted by atomic mass is 35.5. The summed E-state index contributed by atoms with van der Waals surface area (Å²) in [5.74, 6) is 0.629. The van der Waals surface area contributed by atoms with Gasteiger partial charge in [-0.3, -0.25) is 0 Å². The summed E-state index contributed by atoms with van der Waals surface area (Å²) in [6.07, 6.45) is 0. The van der Waals surface area contributed by atoms with Gasteiger partial charge >= 0.3 is 0 Å². The molecule has 5 heteroatoms. The number of aromatic nitrogens is 1. The molecule has 2 aromatic carbocycles. The molecule has 3 rings (SSSR count). The molecular formula is C17H10Cl2N2O. The lowest BCUT2D eigenvalue weighted by Crippen LogP contribution is -1.94. The highest BCUT2D eigenvalue weighted by molar-refractivity contribution is 6.35. The van der Waals surface area contributed by atoms with E-state index in [1.165, 1.54) is 0 Å². The van der Waals surface area contributed by atoms with E-state index in [0.29, 0.717) is 21.4 Å². The van der Waals surface area contributed by atoms with Crippen LogP contribution in [0.2, 0.25) is 10.0 Å². The Morgan fingerprint density at radius 3 is 2.64 bits per heavy atom. The van der Waals surface area contributed by atoms with Crippen LogP contribution in [-0.2, 0) is 0 Å². The Balaban J connectivity index is 2.09. The molecule has 0 radical (unpaired) electrons. The molecule has 3 nitrogen and oxygen atoms in total. The average Bonchev–Trinajstić information content (AvgIpc) is 2.49. The van der Waals surface area contributed by atoms with Crippen LogP contribution in [0.5, 0.6) is 11.6 Å². The Labute approximate surface area is 137 Å². The number of benzene rings is 2. The summed E-state index contributed by atoms with van der Waals surface area (Å²) in [6.45, 7) is 1.99. The van der Waals surface area contributed by atoms with E-state index in [9.17, 15) is 5.26 Å². The largest absolute Gasteiger partial charge is 0.436 e. The zero-order valence-electron chi connectivity index (χ0n) is 11.6. The Morgan fingerprint density at radius 1 is 1.09 bits per heavy atom. The molecule has 108 valence electrons. The molecule has 0 amide bonds. The smallest absolute Gasteiger partial charge is 0.237 e. The van der Waals surface area contributed by atoms with Crippen LogP contribution in [0, 0.1) is 18.3 Å². The standard InChI is InChI=1S/C17H10Cl2N2O/c1-10-2-4-15-11(6-10)7-12(9-20)17(21-15)22-16-5-3-13(18)8-14(16)19/h2-8H,1H3. The topological polar surface area (TPSA) is 45.9 Å². The van der Waals surface area contributed by atoms with Crippen LogP contribution in [0.25, 0.3) is 10.9 Å². The fourth-order valence-corrected chi connectivity index (χ4v) is 2.55. The average molecular weight is 329 g/mol. The lowest BCUT2D eigenvalue weighted by atomic mass is 10.1. The van der Waals surface area contributed by atoms with Crippen LogP contribution in [0.15, 0.2) is 42.5 Å². The van der Waals surface area contributed by atoms with Crippen LogP contribution in [0.1, 0.15) is 11.1 Å². The zero-order valence-corrected chi connectivity index (χ0v) is 13.1. The minimum atomic E-state index is 0.225. The molecule has 0 aliphatic carbocycles. The number of pyridine rings is 1. The van der Waals surface area contributed by atoms with E-state index >= 15 is 0 Å². The first-order valence-electron chi connectivity index (χ1n) is 6.51. The van der Waals surface area contributed by atoms with E-state index in [1.807, 2.05) is 25.1 Å². The number of nitriles is 1. The van der Waals surface area contributed by atoms with Gasteiger partial charge in [0, 0.05) is 10.4 Å². The minimum Gasteiger partial charge on any atom is -0.436 e. The normalized spacial score (nSPS) is 10.5. The molecule has 0 saturated heterocycles. The second-order valence-corrected chi connectivity index (χ2v) is 5.67. The van der Waals surface area contributed by atoms with Crippen molar-refractivity contribution in [1.82, 2.24) is 4.98 Å². The lowest BCUT2D eigenvalue weighted by molar-refractivity contribution is 0.463. The quantitative estimate of drug-likeness (QED) is 0.622. The third kappa shape index (κ3) is 2.85. The third-order valence-electron chi connectivity index (χ3n) is 3.16. The van der Waals surface area contributed by atoms with Gasteiger partial charge in [0.25, 0.3) is 0 Å². The Morgan fingerprint density at radius 2 is 1.91 bits per heavy atom. The monoisotopic (exact) mass is 328 g/mol. The summed E-state index contributed by atoms with van der Waals surface area (Å²) in [7, 11) is 0. The molecule has 1 heterocycles. The molecular weight excluding hydrogens is 319 g/mol. The molecule has 1 aromatic heterocycles. The van der Waals surface area contributed by atoms with Gasteiger partial charge in [0.05, 0.1) is 10.5 Å². The zero-order chi connectivity index (χ0) is 15.7. The summed E-state index contributed by atoms with van der Waals surface area (Å²) in [5, 5.41) is 11.1. The van der Waals surface area contributed by atoms with Gasteiger partial charge < -0.3 is 4.74 Å². The first-order valence-corrected chi connectivity index (χ1v) is 7.27. The van der Waals surface area contributed by atoms with Gasteiger partial charge in [-0.1, -0.05) is 34.8 Å². The van der Waals surface area contributed by atoms with E-state index in [0.717, 1.165) is 16.5 Å². The van der Waals surface area contributed by atoms with Crippen LogP contribution in [0.3, 0.4) is 0 Å². The summed E-state index contributed by atoms with van der Waals surface area (Å²) < 4.78 is 5.70. The maximum absolute atomic E-state index is 9.31. The van der Waals surface area contributed by atoms with Crippen molar-refractivity contribution in [3.8, 4) is 17.7 Å². The molecule has 0 saturated carbocycles. The molecule has 0 aliphatic heterocycles. The van der Waals surface area contributed by atoms with Gasteiger partial charge in [-0.05, 0) is 43.3 Å². The van der Waals surface area contributed by atoms with Crippen molar-refractivity contribution in [1.29, 1.82) is 5.26 Å². The lowest BCUT2D eigenvalue weighted by Gasteiger charge is -2.09. The van der Waals surface area contributed by atoms with Gasteiger partial charge in [0.2, 0.25) is 5.88 Å². The van der Waals surface area contributed by atoms with Gasteiger partial charge in [-0.2, -0.15) is 5.26 Å². The molecule has 22 heavy (non-hydrogen) atoms. The van der Waals surface area contributed by atoms with Crippen LogP contribution in [0.4, 0.5) is 0 Å². The predicted octanol–water partition coefficient (Wildman–Crippen LogP) is 5.51. The number of rotatable bonds is 2. The number of halogens is 2. The number of nitrogens with zero attached hydrogens (tertiary/aromatic N) is 2. The number of hydrogen-bond acceptors (Lipinski definition) is 3. The first-order chi connectivity index (χ1) is 10.6. The first kappa shape index (κ1) is 14.6. The second kappa shape index (κ2) is 5.84. The Hall–Kier alpha value is -2.28. The highest BCUT2D eigenvalue weighted by Crippen LogP contribution is 2.33. The van der Waals surface area contributed by atoms with Crippen molar-refractivity contribution in [2.75, 3.05) is 0 Å². The molecule has 0 bridgehead atoms. The summed E-state index contributed by atoms with van der Waals surface area (Å²) in [6, 6.07) is 14.6. The summed E-state index contributed by atoms with van der Waals surface area (Å²) in [4.78, 5) is 4.41. The van der Waals surface area contributed by atoms with Crippen molar-refractivity contribution in [2.45, 2.75) is 6.92 Å². The van der Waals surface area contributed by atoms with Crippen LogP contribution >= 0.6 is 23.2 Å². The summed E-state index contributed by atoms with van der Waals surface area (Å²) in [5.41, 5.74) is 2.21. The number of ether oxygens (including phenoxy) is 1. The molecule has 0 spiro atoms. The minimum absolute atomic E-state index is 0.225. The predicted molar refractivity (Wildman–Crippen MR) is 87.7 cm³/mol. The number of hydrogen-bond donors (Lipinski definition) is 0. The highest BCUT2D eigenvalue weighted by Gasteiger charge is 2.11. The van der Waals surface area contributed by atoms with E-state index < -0.39 is 0 Å². The van der Waals surface area contributed by atoms with E-state index in [2.05, 4.69) is 11.1 Å². The van der Waals surface area contributed by atoms with Gasteiger partial charge in [-0.25, -0.2) is 4.98 Å². The van der Waals surface area contributed by atoms with E-state index in [4.69, 9.17) is 27.9 Å². The van der Waals surface area contributed by atoms with Crippen molar-refractivity contribution in [3.63, 3.8) is 0 Å². The Kier molecular flexibility index (Phi) is 3.89. The van der Waals surface area contributed by atoms with Crippen molar-refractivity contribution in [3.05, 3.63) is 63.6 Å². The van der Waals surface area contributed by atoms with Crippen LogP contribution < -0.4 is 4.74 Å². The van der Waals surface area contributed by atoms with Gasteiger partial charge in [-0.15, -0.1) is 0 Å².